The van der Waals surface area contributed by atoms with Gasteiger partial charge in [0.05, 0.1) is 13.2 Å². The summed E-state index contributed by atoms with van der Waals surface area (Å²) >= 11 is 12.4. The third-order valence-corrected chi connectivity index (χ3v) is 6.20. The maximum Gasteiger partial charge on any atom is 0.0720 e. The van der Waals surface area contributed by atoms with Crippen molar-refractivity contribution in [2.24, 2.45) is 0 Å². The summed E-state index contributed by atoms with van der Waals surface area (Å²) in [4.78, 5) is 0. The van der Waals surface area contributed by atoms with Crippen LogP contribution in [0, 0.1) is 0 Å². The Hall–Kier alpha value is -1.55. The molecule has 4 rings (SSSR count). The van der Waals surface area contributed by atoms with Crippen LogP contribution in [-0.4, -0.2) is 13.2 Å². The fraction of sp³-hybridized carbons (Fsp3) is 0.280. The van der Waals surface area contributed by atoms with Gasteiger partial charge in [-0.05, 0) is 65.9 Å². The molecule has 3 aromatic carbocycles. The van der Waals surface area contributed by atoms with Crippen molar-refractivity contribution < 1.29 is 4.74 Å². The van der Waals surface area contributed by atoms with Gasteiger partial charge in [-0.1, -0.05) is 71.7 Å². The van der Waals surface area contributed by atoms with Crippen molar-refractivity contribution in [3.63, 3.8) is 0 Å². The summed E-state index contributed by atoms with van der Waals surface area (Å²) in [5, 5.41) is 5.07. The lowest BCUT2D eigenvalue weighted by Crippen LogP contribution is -2.38. The summed E-state index contributed by atoms with van der Waals surface area (Å²) in [6.45, 7) is 3.12. The first-order valence-electron chi connectivity index (χ1n) is 10.0. The van der Waals surface area contributed by atoms with Crippen LogP contribution in [0.25, 0.3) is 0 Å². The molecular weight excluding hydrogens is 437 g/mol. The van der Waals surface area contributed by atoms with Gasteiger partial charge in [0.15, 0.2) is 0 Å². The standard InChI is InChI=1S/C25H25Cl2NO.ClH/c26-22-9-7-21(8-10-22)25(13-4-14-28-16-19-5-2-1-3-6-19)18-29-17-20-15-23(27)11-12-24(20)25;/h1-3,5-12,15,28H,4,13-14,16-18H2;1H. The molecular formula is C25H26Cl3NO. The minimum atomic E-state index is -0.183. The molecule has 0 spiro atoms. The summed E-state index contributed by atoms with van der Waals surface area (Å²) < 4.78 is 6.07. The topological polar surface area (TPSA) is 21.3 Å². The van der Waals surface area contributed by atoms with Crippen LogP contribution in [-0.2, 0) is 23.3 Å². The molecule has 1 aliphatic heterocycles. The second-order valence-electron chi connectivity index (χ2n) is 7.65. The van der Waals surface area contributed by atoms with Crippen LogP contribution in [0.3, 0.4) is 0 Å². The molecule has 158 valence electrons. The molecule has 3 aromatic rings. The van der Waals surface area contributed by atoms with E-state index in [0.29, 0.717) is 13.2 Å². The number of hydrogen-bond acceptors (Lipinski definition) is 2. The molecule has 5 heteroatoms. The highest BCUT2D eigenvalue weighted by atomic mass is 35.5. The number of ether oxygens (including phenoxy) is 1. The van der Waals surface area contributed by atoms with E-state index >= 15 is 0 Å². The highest BCUT2D eigenvalue weighted by Gasteiger charge is 2.38. The van der Waals surface area contributed by atoms with Crippen LogP contribution in [0.4, 0.5) is 0 Å². The molecule has 1 N–H and O–H groups in total. The van der Waals surface area contributed by atoms with Gasteiger partial charge < -0.3 is 10.1 Å². The van der Waals surface area contributed by atoms with Crippen molar-refractivity contribution in [3.8, 4) is 0 Å². The molecule has 0 fully saturated rings. The lowest BCUT2D eigenvalue weighted by atomic mass is 9.69. The minimum absolute atomic E-state index is 0. The van der Waals surface area contributed by atoms with Gasteiger partial charge in [0.1, 0.15) is 0 Å². The predicted octanol–water partition coefficient (Wildman–Crippen LogP) is 6.80. The summed E-state index contributed by atoms with van der Waals surface area (Å²) in [6.07, 6.45) is 2.03. The van der Waals surface area contributed by atoms with Gasteiger partial charge in [-0.25, -0.2) is 0 Å². The van der Waals surface area contributed by atoms with Gasteiger partial charge in [-0.3, -0.25) is 0 Å². The van der Waals surface area contributed by atoms with Crippen LogP contribution in [0.15, 0.2) is 72.8 Å². The first-order valence-corrected chi connectivity index (χ1v) is 10.8. The molecule has 1 aliphatic rings. The zero-order valence-electron chi connectivity index (χ0n) is 16.7. The largest absolute Gasteiger partial charge is 0.375 e. The number of nitrogens with one attached hydrogen (secondary N) is 1. The van der Waals surface area contributed by atoms with Gasteiger partial charge in [0, 0.05) is 22.0 Å². The predicted molar refractivity (Wildman–Crippen MR) is 128 cm³/mol. The Bertz CT molecular complexity index is 946. The lowest BCUT2D eigenvalue weighted by Gasteiger charge is -2.40. The van der Waals surface area contributed by atoms with Crippen molar-refractivity contribution in [1.29, 1.82) is 0 Å². The van der Waals surface area contributed by atoms with E-state index in [9.17, 15) is 0 Å². The first kappa shape index (κ1) is 23.1. The molecule has 30 heavy (non-hydrogen) atoms. The Balaban J connectivity index is 0.00000256. The molecule has 0 bridgehead atoms. The second-order valence-corrected chi connectivity index (χ2v) is 8.52. The molecule has 1 unspecified atom stereocenters. The normalized spacial score (nSPS) is 17.8. The highest BCUT2D eigenvalue weighted by molar-refractivity contribution is 6.30. The maximum absolute atomic E-state index is 6.26. The average molecular weight is 463 g/mol. The van der Waals surface area contributed by atoms with Crippen molar-refractivity contribution in [3.05, 3.63) is 105 Å². The maximum atomic E-state index is 6.26. The van der Waals surface area contributed by atoms with Crippen LogP contribution in [0.2, 0.25) is 10.0 Å². The van der Waals surface area contributed by atoms with Gasteiger partial charge in [-0.2, -0.15) is 0 Å². The zero-order valence-corrected chi connectivity index (χ0v) is 19.1. The smallest absolute Gasteiger partial charge is 0.0720 e. The van der Waals surface area contributed by atoms with Gasteiger partial charge in [-0.15, -0.1) is 12.4 Å². The van der Waals surface area contributed by atoms with Crippen molar-refractivity contribution >= 4 is 35.6 Å². The molecule has 0 saturated carbocycles. The van der Waals surface area contributed by atoms with Crippen molar-refractivity contribution in [1.82, 2.24) is 5.32 Å². The SMILES string of the molecule is Cl.Clc1ccc(C2(CCCNCc3ccccc3)COCc3cc(Cl)ccc32)cc1. The number of halogens is 3. The van der Waals surface area contributed by atoms with Crippen molar-refractivity contribution in [2.75, 3.05) is 13.2 Å². The van der Waals surface area contributed by atoms with E-state index < -0.39 is 0 Å². The molecule has 1 atom stereocenters. The van der Waals surface area contributed by atoms with E-state index in [-0.39, 0.29) is 17.8 Å². The van der Waals surface area contributed by atoms with Gasteiger partial charge in [0.25, 0.3) is 0 Å². The number of hydrogen-bond donors (Lipinski definition) is 1. The number of fused-ring (bicyclic) bond motifs is 1. The quantitative estimate of drug-likeness (QED) is 0.390. The summed E-state index contributed by atoms with van der Waals surface area (Å²) in [6, 6.07) is 24.9. The molecule has 0 amide bonds. The number of benzene rings is 3. The van der Waals surface area contributed by atoms with E-state index in [1.165, 1.54) is 22.3 Å². The summed E-state index contributed by atoms with van der Waals surface area (Å²) in [5.41, 5.74) is 4.86. The molecule has 2 nitrogen and oxygen atoms in total. The Morgan fingerprint density at radius 3 is 2.40 bits per heavy atom. The van der Waals surface area contributed by atoms with E-state index in [2.05, 4.69) is 47.8 Å². The fourth-order valence-corrected chi connectivity index (χ4v) is 4.58. The Morgan fingerprint density at radius 1 is 0.900 bits per heavy atom. The number of rotatable bonds is 7. The third-order valence-electron chi connectivity index (χ3n) is 5.71. The van der Waals surface area contributed by atoms with E-state index in [1.54, 1.807) is 0 Å². The van der Waals surface area contributed by atoms with Gasteiger partial charge >= 0.3 is 0 Å². The summed E-state index contributed by atoms with van der Waals surface area (Å²) in [7, 11) is 0. The van der Waals surface area contributed by atoms with Crippen LogP contribution < -0.4 is 5.32 Å². The highest BCUT2D eigenvalue weighted by Crippen LogP contribution is 2.43. The van der Waals surface area contributed by atoms with Crippen molar-refractivity contribution in [2.45, 2.75) is 31.4 Å². The summed E-state index contributed by atoms with van der Waals surface area (Å²) in [5.74, 6) is 0. The molecule has 0 aromatic heterocycles. The second kappa shape index (κ2) is 10.7. The molecule has 0 saturated heterocycles. The van der Waals surface area contributed by atoms with Crippen LogP contribution >= 0.6 is 35.6 Å². The average Bonchev–Trinajstić information content (AvgIpc) is 2.74. The van der Waals surface area contributed by atoms with E-state index in [1.807, 2.05) is 30.3 Å². The zero-order chi connectivity index (χ0) is 20.1. The lowest BCUT2D eigenvalue weighted by molar-refractivity contribution is 0.0613. The molecule has 1 heterocycles. The monoisotopic (exact) mass is 461 g/mol. The van der Waals surface area contributed by atoms with Gasteiger partial charge in [0.2, 0.25) is 0 Å². The molecule has 0 aliphatic carbocycles. The minimum Gasteiger partial charge on any atom is -0.375 e. The Labute approximate surface area is 195 Å². The Morgan fingerprint density at radius 2 is 1.63 bits per heavy atom. The van der Waals surface area contributed by atoms with E-state index in [4.69, 9.17) is 27.9 Å². The van der Waals surface area contributed by atoms with Crippen LogP contribution in [0.5, 0.6) is 0 Å². The van der Waals surface area contributed by atoms with Crippen LogP contribution in [0.1, 0.15) is 35.1 Å². The molecule has 0 radical (unpaired) electrons. The Kier molecular flexibility index (Phi) is 8.21. The fourth-order valence-electron chi connectivity index (χ4n) is 4.26. The van der Waals surface area contributed by atoms with E-state index in [0.717, 1.165) is 36.0 Å². The first-order chi connectivity index (χ1) is 14.2. The third kappa shape index (κ3) is 5.19.